The molecule has 0 aliphatic heterocycles. The van der Waals surface area contributed by atoms with Crippen LogP contribution < -0.4 is 18.9 Å². The quantitative estimate of drug-likeness (QED) is 0.119. The second-order valence-electron chi connectivity index (χ2n) is 13.1. The van der Waals surface area contributed by atoms with Crippen molar-refractivity contribution in [1.82, 2.24) is 0 Å². The highest BCUT2D eigenvalue weighted by Crippen LogP contribution is 2.35. The predicted octanol–water partition coefficient (Wildman–Crippen LogP) is 13.0. The maximum Gasteiger partial charge on any atom is 0.206 e. The molecule has 0 aliphatic rings. The molecule has 7 aromatic carbocycles. The van der Waals surface area contributed by atoms with Crippen molar-refractivity contribution >= 4 is 51.5 Å². The Labute approximate surface area is 348 Å². The summed E-state index contributed by atoms with van der Waals surface area (Å²) in [6.45, 7) is 5.75. The summed E-state index contributed by atoms with van der Waals surface area (Å²) in [7, 11) is -7.58. The number of halogens is 2. The molecular weight excluding hydrogens is 892 g/mol. The first-order valence-corrected chi connectivity index (χ1v) is 22.0. The number of sulfone groups is 2. The predicted molar refractivity (Wildman–Crippen MR) is 226 cm³/mol. The third kappa shape index (κ3) is 9.26. The van der Waals surface area contributed by atoms with Gasteiger partial charge in [0.2, 0.25) is 19.7 Å². The van der Waals surface area contributed by atoms with E-state index in [-0.39, 0.29) is 19.6 Å². The van der Waals surface area contributed by atoms with E-state index >= 15 is 0 Å². The molecule has 0 aliphatic carbocycles. The molecule has 0 saturated heterocycles. The molecule has 0 aromatic heterocycles. The molecular formula is C45H34Br2O8S2. The molecule has 0 amide bonds. The summed E-state index contributed by atoms with van der Waals surface area (Å²) < 4.78 is 79.3. The minimum atomic E-state index is -3.79. The molecule has 0 unspecified atom stereocenters. The van der Waals surface area contributed by atoms with Gasteiger partial charge in [0.1, 0.15) is 46.0 Å². The Morgan fingerprint density at radius 3 is 1.28 bits per heavy atom. The van der Waals surface area contributed by atoms with Crippen molar-refractivity contribution < 1.29 is 35.8 Å². The largest absolute Gasteiger partial charge is 0.457 e. The molecule has 0 atom stereocenters. The zero-order chi connectivity index (χ0) is 40.3. The van der Waals surface area contributed by atoms with E-state index in [1.54, 1.807) is 66.7 Å². The highest BCUT2D eigenvalue weighted by Gasteiger charge is 2.20. The number of ether oxygens (including phenoxy) is 4. The van der Waals surface area contributed by atoms with Gasteiger partial charge in [0, 0.05) is 14.5 Å². The molecule has 12 heteroatoms. The Balaban J connectivity index is 0.958. The van der Waals surface area contributed by atoms with Gasteiger partial charge in [0.25, 0.3) is 0 Å². The fourth-order valence-corrected chi connectivity index (χ4v) is 9.26. The topological polar surface area (TPSA) is 105 Å². The molecule has 288 valence electrons. The van der Waals surface area contributed by atoms with Crippen molar-refractivity contribution in [3.63, 3.8) is 0 Å². The van der Waals surface area contributed by atoms with Crippen LogP contribution in [-0.2, 0) is 19.7 Å². The monoisotopic (exact) mass is 924 g/mol. The molecule has 0 radical (unpaired) electrons. The summed E-state index contributed by atoms with van der Waals surface area (Å²) in [6, 6.07) is 41.6. The molecule has 7 rings (SSSR count). The summed E-state index contributed by atoms with van der Waals surface area (Å²) in [5.41, 5.74) is 2.74. The van der Waals surface area contributed by atoms with Crippen molar-refractivity contribution in [3.8, 4) is 46.0 Å². The second kappa shape index (κ2) is 16.6. The lowest BCUT2D eigenvalue weighted by Gasteiger charge is -2.13. The Bertz CT molecular complexity index is 2770. The average Bonchev–Trinajstić information content (AvgIpc) is 3.18. The van der Waals surface area contributed by atoms with Crippen LogP contribution in [-0.4, -0.2) is 16.8 Å². The van der Waals surface area contributed by atoms with E-state index in [1.807, 2.05) is 57.2 Å². The van der Waals surface area contributed by atoms with Gasteiger partial charge in [0.05, 0.1) is 19.6 Å². The Morgan fingerprint density at radius 2 is 0.825 bits per heavy atom. The second-order valence-corrected chi connectivity index (χ2v) is 18.7. The lowest BCUT2D eigenvalue weighted by molar-refractivity contribution is 0.465. The summed E-state index contributed by atoms with van der Waals surface area (Å²) in [5, 5.41) is 0. The van der Waals surface area contributed by atoms with Crippen LogP contribution in [0.1, 0.15) is 16.7 Å². The molecule has 0 fully saturated rings. The van der Waals surface area contributed by atoms with Gasteiger partial charge in [0.15, 0.2) is 0 Å². The van der Waals surface area contributed by atoms with Crippen molar-refractivity contribution in [3.05, 3.63) is 177 Å². The van der Waals surface area contributed by atoms with Crippen LogP contribution in [0.3, 0.4) is 0 Å². The van der Waals surface area contributed by atoms with Gasteiger partial charge in [-0.3, -0.25) is 0 Å². The van der Waals surface area contributed by atoms with Gasteiger partial charge in [-0.25, -0.2) is 16.8 Å². The number of rotatable bonds is 12. The Kier molecular flexibility index (Phi) is 11.6. The van der Waals surface area contributed by atoms with Gasteiger partial charge >= 0.3 is 0 Å². The normalized spacial score (nSPS) is 11.5. The van der Waals surface area contributed by atoms with E-state index in [4.69, 9.17) is 18.9 Å². The SMILES string of the molecule is Cc1cc(Br)cc(Oc2ccc(S(=O)(=O)c3ccc(Oc4ccc(Oc5ccc(S(=O)(=O)c6ccc(Oc7cccc(Br)c7C)cc6)cc5)cc4C)cc3)cc2)c1. The van der Waals surface area contributed by atoms with Crippen LogP contribution in [0.2, 0.25) is 0 Å². The lowest BCUT2D eigenvalue weighted by Crippen LogP contribution is -2.02. The van der Waals surface area contributed by atoms with Crippen LogP contribution in [0.25, 0.3) is 0 Å². The van der Waals surface area contributed by atoms with Crippen LogP contribution in [0.5, 0.6) is 46.0 Å². The zero-order valence-corrected chi connectivity index (χ0v) is 35.6. The lowest BCUT2D eigenvalue weighted by atomic mass is 10.2. The number of hydrogen-bond donors (Lipinski definition) is 0. The first-order valence-electron chi connectivity index (χ1n) is 17.5. The molecule has 0 saturated carbocycles. The van der Waals surface area contributed by atoms with Crippen molar-refractivity contribution in [2.75, 3.05) is 0 Å². The minimum Gasteiger partial charge on any atom is -0.457 e. The number of hydrogen-bond acceptors (Lipinski definition) is 8. The standard InChI is InChI=1S/C45H34Br2O8S2/c1-29-25-32(46)28-38(26-29)53-34-9-18-40(19-10-34)57(50,51)41-20-11-35(12-21-41)54-44-24-15-37(27-30(44)2)52-33-7-16-39(17-8-33)56(48,49)42-22-13-36(14-23-42)55-45-6-4-5-43(47)31(45)3/h4-28H,1-3H3. The molecule has 7 aromatic rings. The molecule has 0 N–H and O–H groups in total. The minimum absolute atomic E-state index is 0.125. The van der Waals surface area contributed by atoms with Crippen molar-refractivity contribution in [2.24, 2.45) is 0 Å². The first kappa shape index (κ1) is 39.8. The maximum absolute atomic E-state index is 13.4. The van der Waals surface area contributed by atoms with Gasteiger partial charge < -0.3 is 18.9 Å². The van der Waals surface area contributed by atoms with Gasteiger partial charge in [-0.2, -0.15) is 0 Å². The summed E-state index contributed by atoms with van der Waals surface area (Å²) >= 11 is 6.95. The van der Waals surface area contributed by atoms with E-state index in [0.717, 1.165) is 25.6 Å². The third-order valence-corrected chi connectivity index (χ3v) is 13.7. The van der Waals surface area contributed by atoms with Gasteiger partial charge in [-0.1, -0.05) is 37.9 Å². The van der Waals surface area contributed by atoms with E-state index in [0.29, 0.717) is 46.0 Å². The molecule has 57 heavy (non-hydrogen) atoms. The van der Waals surface area contributed by atoms with E-state index < -0.39 is 19.7 Å². The van der Waals surface area contributed by atoms with Gasteiger partial charge in [-0.15, -0.1) is 0 Å². The highest BCUT2D eigenvalue weighted by molar-refractivity contribution is 9.10. The highest BCUT2D eigenvalue weighted by atomic mass is 79.9. The van der Waals surface area contributed by atoms with Crippen LogP contribution in [0.4, 0.5) is 0 Å². The van der Waals surface area contributed by atoms with Crippen LogP contribution in [0, 0.1) is 20.8 Å². The third-order valence-electron chi connectivity index (χ3n) is 8.84. The molecule has 0 heterocycles. The fraction of sp³-hybridized carbons (Fsp3) is 0.0667. The molecule has 8 nitrogen and oxygen atoms in total. The average molecular weight is 927 g/mol. The summed E-state index contributed by atoms with van der Waals surface area (Å²) in [4.78, 5) is 0.530. The van der Waals surface area contributed by atoms with Crippen molar-refractivity contribution in [2.45, 2.75) is 40.4 Å². The van der Waals surface area contributed by atoms with Crippen LogP contribution in [0.15, 0.2) is 180 Å². The van der Waals surface area contributed by atoms with E-state index in [9.17, 15) is 16.8 Å². The smallest absolute Gasteiger partial charge is 0.206 e. The van der Waals surface area contributed by atoms with E-state index in [2.05, 4.69) is 31.9 Å². The Hall–Kier alpha value is -5.40. The fourth-order valence-electron chi connectivity index (χ4n) is 5.81. The van der Waals surface area contributed by atoms with E-state index in [1.165, 1.54) is 48.5 Å². The van der Waals surface area contributed by atoms with Gasteiger partial charge in [-0.05, 0) is 177 Å². The summed E-state index contributed by atoms with van der Waals surface area (Å²) in [5.74, 6) is 4.34. The zero-order valence-electron chi connectivity index (χ0n) is 30.8. The first-order chi connectivity index (χ1) is 27.2. The van der Waals surface area contributed by atoms with Crippen molar-refractivity contribution in [1.29, 1.82) is 0 Å². The summed E-state index contributed by atoms with van der Waals surface area (Å²) in [6.07, 6.45) is 0. The van der Waals surface area contributed by atoms with Crippen LogP contribution >= 0.6 is 31.9 Å². The maximum atomic E-state index is 13.4. The number of benzene rings is 7. The molecule has 0 bridgehead atoms. The molecule has 0 spiro atoms. The number of aryl methyl sites for hydroxylation is 2. The Morgan fingerprint density at radius 1 is 0.404 bits per heavy atom.